The standard InChI is InChI=1S/C20H20BrNO6S/c21-12-5-7-13(8-6-12)29(26,27)22-19-15(23)10-16-18(19)14-3-1-2-11(20(14)28-16)4-9-17(24)25/h1-3,5-8,15-16,18-19,22-23H,4,9-10H2,(H,24,25). The van der Waals surface area contributed by atoms with E-state index in [1.165, 1.54) is 12.1 Å². The highest BCUT2D eigenvalue weighted by Gasteiger charge is 2.51. The number of halogens is 1. The van der Waals surface area contributed by atoms with E-state index in [-0.39, 0.29) is 23.3 Å². The summed E-state index contributed by atoms with van der Waals surface area (Å²) in [7, 11) is -3.83. The lowest BCUT2D eigenvalue weighted by Crippen LogP contribution is -2.43. The molecule has 4 rings (SSSR count). The molecular formula is C20H20BrNO6S. The molecule has 29 heavy (non-hydrogen) atoms. The number of carbonyl (C=O) groups is 1. The highest BCUT2D eigenvalue weighted by atomic mass is 79.9. The van der Waals surface area contributed by atoms with Crippen LogP contribution in [0.4, 0.5) is 0 Å². The van der Waals surface area contributed by atoms with Gasteiger partial charge >= 0.3 is 5.97 Å². The maximum Gasteiger partial charge on any atom is 0.303 e. The van der Waals surface area contributed by atoms with E-state index in [1.807, 2.05) is 18.2 Å². The molecule has 1 aliphatic heterocycles. The minimum Gasteiger partial charge on any atom is -0.489 e. The number of ether oxygens (including phenoxy) is 1. The van der Waals surface area contributed by atoms with Crippen molar-refractivity contribution in [2.24, 2.45) is 0 Å². The van der Waals surface area contributed by atoms with Crippen LogP contribution in [0.25, 0.3) is 0 Å². The van der Waals surface area contributed by atoms with E-state index in [4.69, 9.17) is 9.84 Å². The fraction of sp³-hybridized carbons (Fsp3) is 0.350. The second-order valence-corrected chi connectivity index (χ2v) is 9.95. The molecule has 1 saturated carbocycles. The van der Waals surface area contributed by atoms with E-state index in [0.717, 1.165) is 15.6 Å². The fourth-order valence-electron chi connectivity index (χ4n) is 4.13. The van der Waals surface area contributed by atoms with Gasteiger partial charge in [-0.15, -0.1) is 0 Å². The molecule has 1 fully saturated rings. The van der Waals surface area contributed by atoms with Crippen LogP contribution in [0, 0.1) is 0 Å². The number of carboxylic acid groups (broad SMARTS) is 1. The quantitative estimate of drug-likeness (QED) is 0.583. The zero-order valence-electron chi connectivity index (χ0n) is 15.3. The van der Waals surface area contributed by atoms with Crippen molar-refractivity contribution in [3.63, 3.8) is 0 Å². The van der Waals surface area contributed by atoms with E-state index < -0.39 is 28.1 Å². The lowest BCUT2D eigenvalue weighted by atomic mass is 9.92. The third-order valence-corrected chi connectivity index (χ3v) is 7.46. The molecule has 0 spiro atoms. The van der Waals surface area contributed by atoms with Crippen LogP contribution in [-0.2, 0) is 21.2 Å². The number of rotatable bonds is 6. The minimum absolute atomic E-state index is 0.0165. The normalized spacial score (nSPS) is 25.3. The summed E-state index contributed by atoms with van der Waals surface area (Å²) in [5, 5.41) is 19.5. The Labute approximate surface area is 176 Å². The minimum atomic E-state index is -3.83. The number of nitrogens with one attached hydrogen (secondary N) is 1. The highest BCUT2D eigenvalue weighted by molar-refractivity contribution is 9.10. The summed E-state index contributed by atoms with van der Waals surface area (Å²) in [5.41, 5.74) is 1.58. The molecule has 7 nitrogen and oxygen atoms in total. The number of carboxylic acids is 1. The third-order valence-electron chi connectivity index (χ3n) is 5.45. The molecule has 1 aliphatic carbocycles. The Morgan fingerprint density at radius 3 is 2.62 bits per heavy atom. The second-order valence-electron chi connectivity index (χ2n) is 7.32. The van der Waals surface area contributed by atoms with Crippen molar-refractivity contribution >= 4 is 31.9 Å². The van der Waals surface area contributed by atoms with Gasteiger partial charge in [0.1, 0.15) is 11.9 Å². The predicted molar refractivity (Wildman–Crippen MR) is 108 cm³/mol. The molecule has 4 atom stereocenters. The van der Waals surface area contributed by atoms with Crippen molar-refractivity contribution in [2.75, 3.05) is 0 Å². The van der Waals surface area contributed by atoms with Gasteiger partial charge in [0, 0.05) is 28.8 Å². The Bertz CT molecular complexity index is 1040. The van der Waals surface area contributed by atoms with E-state index in [1.54, 1.807) is 12.1 Å². The van der Waals surface area contributed by atoms with Crippen molar-refractivity contribution in [3.05, 3.63) is 58.1 Å². The molecule has 0 aromatic heterocycles. The van der Waals surface area contributed by atoms with Crippen molar-refractivity contribution in [3.8, 4) is 5.75 Å². The van der Waals surface area contributed by atoms with Gasteiger partial charge in [-0.25, -0.2) is 13.1 Å². The van der Waals surface area contributed by atoms with Crippen molar-refractivity contribution < 1.29 is 28.2 Å². The van der Waals surface area contributed by atoms with Gasteiger partial charge < -0.3 is 14.9 Å². The SMILES string of the molecule is O=C(O)CCc1cccc2c1OC1CC(O)C(NS(=O)(=O)c3ccc(Br)cc3)C21. The molecule has 154 valence electrons. The van der Waals surface area contributed by atoms with Crippen LogP contribution in [0.5, 0.6) is 5.75 Å². The second kappa shape index (κ2) is 7.71. The monoisotopic (exact) mass is 481 g/mol. The van der Waals surface area contributed by atoms with E-state index in [9.17, 15) is 18.3 Å². The largest absolute Gasteiger partial charge is 0.489 e. The smallest absolute Gasteiger partial charge is 0.303 e. The van der Waals surface area contributed by atoms with Gasteiger partial charge in [0.25, 0.3) is 0 Å². The van der Waals surface area contributed by atoms with Gasteiger partial charge in [0.05, 0.1) is 17.0 Å². The van der Waals surface area contributed by atoms with Crippen LogP contribution in [0.15, 0.2) is 51.8 Å². The average Bonchev–Trinajstić information content (AvgIpc) is 3.16. The van der Waals surface area contributed by atoms with Gasteiger partial charge in [-0.05, 0) is 36.2 Å². The number of hydrogen-bond acceptors (Lipinski definition) is 5. The molecule has 4 unspecified atom stereocenters. The zero-order chi connectivity index (χ0) is 20.8. The Morgan fingerprint density at radius 1 is 1.21 bits per heavy atom. The maximum atomic E-state index is 12.8. The summed E-state index contributed by atoms with van der Waals surface area (Å²) in [6.07, 6.45) is -0.632. The number of hydrogen-bond donors (Lipinski definition) is 3. The van der Waals surface area contributed by atoms with Crippen LogP contribution in [0.3, 0.4) is 0 Å². The van der Waals surface area contributed by atoms with Crippen LogP contribution in [0.1, 0.15) is 29.9 Å². The summed E-state index contributed by atoms with van der Waals surface area (Å²) in [4.78, 5) is 11.0. The number of sulfonamides is 1. The first-order valence-corrected chi connectivity index (χ1v) is 11.5. The first-order valence-electron chi connectivity index (χ1n) is 9.22. The number of para-hydroxylation sites is 1. The summed E-state index contributed by atoms with van der Waals surface area (Å²) in [6.45, 7) is 0. The highest BCUT2D eigenvalue weighted by Crippen LogP contribution is 2.49. The molecule has 2 aromatic carbocycles. The molecule has 9 heteroatoms. The van der Waals surface area contributed by atoms with E-state index in [0.29, 0.717) is 18.6 Å². The van der Waals surface area contributed by atoms with Crippen molar-refractivity contribution in [2.45, 2.75) is 48.3 Å². The van der Waals surface area contributed by atoms with Gasteiger partial charge in [0.2, 0.25) is 10.0 Å². The number of aliphatic hydroxyl groups is 1. The zero-order valence-corrected chi connectivity index (χ0v) is 17.7. The lowest BCUT2D eigenvalue weighted by molar-refractivity contribution is -0.136. The van der Waals surface area contributed by atoms with E-state index >= 15 is 0 Å². The number of benzene rings is 2. The Balaban J connectivity index is 1.62. The van der Waals surface area contributed by atoms with Crippen LogP contribution >= 0.6 is 15.9 Å². The molecular weight excluding hydrogens is 462 g/mol. The third kappa shape index (κ3) is 3.92. The lowest BCUT2D eigenvalue weighted by Gasteiger charge is -2.22. The van der Waals surface area contributed by atoms with Crippen molar-refractivity contribution in [1.29, 1.82) is 0 Å². The Hall–Kier alpha value is -1.94. The summed E-state index contributed by atoms with van der Waals surface area (Å²) < 4.78 is 35.2. The summed E-state index contributed by atoms with van der Waals surface area (Å²) in [6, 6.07) is 11.0. The molecule has 2 aromatic rings. The van der Waals surface area contributed by atoms with Gasteiger partial charge in [-0.2, -0.15) is 0 Å². The molecule has 0 bridgehead atoms. The summed E-state index contributed by atoms with van der Waals surface area (Å²) in [5.74, 6) is -0.616. The molecule has 3 N–H and O–H groups in total. The Morgan fingerprint density at radius 2 is 1.93 bits per heavy atom. The predicted octanol–water partition coefficient (Wildman–Crippen LogP) is 2.42. The Kier molecular flexibility index (Phi) is 5.41. The number of aliphatic hydroxyl groups excluding tert-OH is 1. The first-order chi connectivity index (χ1) is 13.8. The number of aryl methyl sites for hydroxylation is 1. The van der Waals surface area contributed by atoms with Crippen LogP contribution in [-0.4, -0.2) is 42.8 Å². The van der Waals surface area contributed by atoms with Gasteiger partial charge in [-0.1, -0.05) is 34.1 Å². The number of aliphatic carboxylic acids is 1. The van der Waals surface area contributed by atoms with Crippen molar-refractivity contribution in [1.82, 2.24) is 4.72 Å². The molecule has 0 radical (unpaired) electrons. The average molecular weight is 482 g/mol. The fourth-order valence-corrected chi connectivity index (χ4v) is 5.69. The van der Waals surface area contributed by atoms with Crippen LogP contribution < -0.4 is 9.46 Å². The van der Waals surface area contributed by atoms with Gasteiger partial charge in [-0.3, -0.25) is 4.79 Å². The molecule has 0 saturated heterocycles. The van der Waals surface area contributed by atoms with E-state index in [2.05, 4.69) is 20.7 Å². The summed E-state index contributed by atoms with van der Waals surface area (Å²) >= 11 is 3.28. The van der Waals surface area contributed by atoms with Gasteiger partial charge in [0.15, 0.2) is 0 Å². The van der Waals surface area contributed by atoms with Crippen LogP contribution in [0.2, 0.25) is 0 Å². The first kappa shape index (κ1) is 20.3. The molecule has 1 heterocycles. The molecule has 0 amide bonds. The molecule has 2 aliphatic rings. The maximum absolute atomic E-state index is 12.8. The number of fused-ring (bicyclic) bond motifs is 3. The topological polar surface area (TPSA) is 113 Å².